The standard InChI is InChI=1S/C25H25N3O2/c26-24(30)25(12-15-28(16-13-25)23(29)22-11-4-5-14-27-22)18-19-7-6-10-21(17-19)20-8-2-1-3-9-20/h1-11,14,17H,12-13,15-16,18H2,(H2,26,30). The predicted molar refractivity (Wildman–Crippen MR) is 117 cm³/mol. The Morgan fingerprint density at radius 3 is 2.27 bits per heavy atom. The van der Waals surface area contributed by atoms with E-state index in [2.05, 4.69) is 29.2 Å². The summed E-state index contributed by atoms with van der Waals surface area (Å²) in [7, 11) is 0. The van der Waals surface area contributed by atoms with Gasteiger partial charge < -0.3 is 10.6 Å². The van der Waals surface area contributed by atoms with E-state index < -0.39 is 5.41 Å². The zero-order valence-corrected chi connectivity index (χ0v) is 16.8. The SMILES string of the molecule is NC(=O)C1(Cc2cccc(-c3ccccc3)c2)CCN(C(=O)c2ccccn2)CC1. The molecule has 2 amide bonds. The van der Waals surface area contributed by atoms with Gasteiger partial charge in [0.2, 0.25) is 5.91 Å². The van der Waals surface area contributed by atoms with Crippen molar-refractivity contribution in [3.8, 4) is 11.1 Å². The van der Waals surface area contributed by atoms with Crippen LogP contribution in [-0.4, -0.2) is 34.8 Å². The number of piperidine rings is 1. The van der Waals surface area contributed by atoms with Crippen LogP contribution in [0.1, 0.15) is 28.9 Å². The minimum absolute atomic E-state index is 0.0975. The van der Waals surface area contributed by atoms with Crippen LogP contribution in [0.25, 0.3) is 11.1 Å². The number of aromatic nitrogens is 1. The molecule has 0 aliphatic carbocycles. The minimum atomic E-state index is -0.643. The summed E-state index contributed by atoms with van der Waals surface area (Å²) < 4.78 is 0. The average molecular weight is 399 g/mol. The molecule has 4 rings (SSSR count). The van der Waals surface area contributed by atoms with Crippen molar-refractivity contribution in [1.82, 2.24) is 9.88 Å². The zero-order chi connectivity index (χ0) is 21.0. The molecule has 0 saturated carbocycles. The maximum absolute atomic E-state index is 12.7. The third kappa shape index (κ3) is 4.10. The van der Waals surface area contributed by atoms with Gasteiger partial charge in [-0.05, 0) is 48.1 Å². The molecule has 152 valence electrons. The fourth-order valence-corrected chi connectivity index (χ4v) is 4.18. The topological polar surface area (TPSA) is 76.3 Å². The van der Waals surface area contributed by atoms with Gasteiger partial charge in [-0.3, -0.25) is 14.6 Å². The van der Waals surface area contributed by atoms with Gasteiger partial charge in [0, 0.05) is 19.3 Å². The highest BCUT2D eigenvalue weighted by Gasteiger charge is 2.41. The Balaban J connectivity index is 1.50. The first-order valence-corrected chi connectivity index (χ1v) is 10.2. The second kappa shape index (κ2) is 8.49. The van der Waals surface area contributed by atoms with Gasteiger partial charge in [-0.1, -0.05) is 60.7 Å². The lowest BCUT2D eigenvalue weighted by Crippen LogP contribution is -2.50. The van der Waals surface area contributed by atoms with Gasteiger partial charge in [0.05, 0.1) is 5.41 Å². The van der Waals surface area contributed by atoms with E-state index in [1.807, 2.05) is 30.3 Å². The van der Waals surface area contributed by atoms with Crippen LogP contribution < -0.4 is 5.73 Å². The third-order valence-corrected chi connectivity index (χ3v) is 5.99. The maximum atomic E-state index is 12.7. The molecule has 0 atom stereocenters. The Kier molecular flexibility index (Phi) is 5.61. The number of nitrogens with zero attached hydrogens (tertiary/aromatic N) is 2. The van der Waals surface area contributed by atoms with Crippen molar-refractivity contribution in [2.45, 2.75) is 19.3 Å². The van der Waals surface area contributed by atoms with E-state index in [-0.39, 0.29) is 11.8 Å². The first kappa shape index (κ1) is 19.8. The molecule has 2 aromatic carbocycles. The maximum Gasteiger partial charge on any atom is 0.272 e. The van der Waals surface area contributed by atoms with Crippen molar-refractivity contribution < 1.29 is 9.59 Å². The number of rotatable bonds is 5. The van der Waals surface area contributed by atoms with Crippen LogP contribution in [0, 0.1) is 5.41 Å². The fraction of sp³-hybridized carbons (Fsp3) is 0.240. The van der Waals surface area contributed by atoms with Gasteiger partial charge in [0.1, 0.15) is 5.69 Å². The summed E-state index contributed by atoms with van der Waals surface area (Å²) in [5, 5.41) is 0. The lowest BCUT2D eigenvalue weighted by molar-refractivity contribution is -0.130. The summed E-state index contributed by atoms with van der Waals surface area (Å²) in [4.78, 5) is 31.1. The van der Waals surface area contributed by atoms with E-state index in [4.69, 9.17) is 5.73 Å². The first-order valence-electron chi connectivity index (χ1n) is 10.2. The monoisotopic (exact) mass is 399 g/mol. The number of carbonyl (C=O) groups excluding carboxylic acids is 2. The van der Waals surface area contributed by atoms with Gasteiger partial charge in [-0.25, -0.2) is 0 Å². The van der Waals surface area contributed by atoms with Crippen LogP contribution in [0.5, 0.6) is 0 Å². The van der Waals surface area contributed by atoms with Crippen molar-refractivity contribution in [3.63, 3.8) is 0 Å². The highest BCUT2D eigenvalue weighted by atomic mass is 16.2. The summed E-state index contributed by atoms with van der Waals surface area (Å²) in [6.07, 6.45) is 3.30. The molecule has 2 heterocycles. The summed E-state index contributed by atoms with van der Waals surface area (Å²) in [6, 6.07) is 23.7. The zero-order valence-electron chi connectivity index (χ0n) is 16.8. The number of hydrogen-bond acceptors (Lipinski definition) is 3. The highest BCUT2D eigenvalue weighted by Crippen LogP contribution is 2.36. The molecule has 0 radical (unpaired) electrons. The molecule has 3 aromatic rings. The van der Waals surface area contributed by atoms with Crippen LogP contribution in [0.4, 0.5) is 0 Å². The lowest BCUT2D eigenvalue weighted by atomic mass is 9.73. The van der Waals surface area contributed by atoms with Crippen LogP contribution in [0.15, 0.2) is 79.0 Å². The van der Waals surface area contributed by atoms with Crippen molar-refractivity contribution in [2.75, 3.05) is 13.1 Å². The number of likely N-dealkylation sites (tertiary alicyclic amines) is 1. The van der Waals surface area contributed by atoms with Gasteiger partial charge in [0.15, 0.2) is 0 Å². The molecule has 0 unspecified atom stereocenters. The largest absolute Gasteiger partial charge is 0.369 e. The summed E-state index contributed by atoms with van der Waals surface area (Å²) in [5.41, 5.74) is 9.01. The van der Waals surface area contributed by atoms with E-state index in [9.17, 15) is 9.59 Å². The second-order valence-corrected chi connectivity index (χ2v) is 7.89. The Morgan fingerprint density at radius 1 is 0.900 bits per heavy atom. The fourth-order valence-electron chi connectivity index (χ4n) is 4.18. The summed E-state index contributed by atoms with van der Waals surface area (Å²) in [5.74, 6) is -0.391. The molecule has 1 aromatic heterocycles. The number of nitrogens with two attached hydrogens (primary N) is 1. The Labute approximate surface area is 176 Å². The molecule has 5 nitrogen and oxygen atoms in total. The van der Waals surface area contributed by atoms with Crippen molar-refractivity contribution >= 4 is 11.8 Å². The first-order chi connectivity index (χ1) is 14.6. The molecule has 1 fully saturated rings. The molecule has 1 saturated heterocycles. The highest BCUT2D eigenvalue weighted by molar-refractivity contribution is 5.92. The van der Waals surface area contributed by atoms with Crippen LogP contribution in [-0.2, 0) is 11.2 Å². The minimum Gasteiger partial charge on any atom is -0.369 e. The van der Waals surface area contributed by atoms with Crippen molar-refractivity contribution in [1.29, 1.82) is 0 Å². The van der Waals surface area contributed by atoms with Gasteiger partial charge in [-0.2, -0.15) is 0 Å². The van der Waals surface area contributed by atoms with E-state index in [0.717, 1.165) is 16.7 Å². The Hall–Kier alpha value is -3.47. The number of amides is 2. The van der Waals surface area contributed by atoms with E-state index >= 15 is 0 Å². The molecular weight excluding hydrogens is 374 g/mol. The van der Waals surface area contributed by atoms with Crippen molar-refractivity contribution in [3.05, 3.63) is 90.3 Å². The molecule has 2 N–H and O–H groups in total. The van der Waals surface area contributed by atoms with Crippen LogP contribution in [0.2, 0.25) is 0 Å². The van der Waals surface area contributed by atoms with E-state index in [0.29, 0.717) is 38.0 Å². The van der Waals surface area contributed by atoms with E-state index in [1.165, 1.54) is 0 Å². The molecular formula is C25H25N3O2. The van der Waals surface area contributed by atoms with E-state index in [1.54, 1.807) is 29.3 Å². The van der Waals surface area contributed by atoms with Gasteiger partial charge >= 0.3 is 0 Å². The van der Waals surface area contributed by atoms with Crippen molar-refractivity contribution in [2.24, 2.45) is 11.1 Å². The molecule has 0 spiro atoms. The normalized spacial score (nSPS) is 15.5. The average Bonchev–Trinajstić information content (AvgIpc) is 2.80. The van der Waals surface area contributed by atoms with Crippen LogP contribution >= 0.6 is 0 Å². The smallest absolute Gasteiger partial charge is 0.272 e. The predicted octanol–water partition coefficient (Wildman–Crippen LogP) is 3.70. The molecule has 5 heteroatoms. The number of carbonyl (C=O) groups is 2. The summed E-state index contributed by atoms with van der Waals surface area (Å²) >= 11 is 0. The molecule has 0 bridgehead atoms. The van der Waals surface area contributed by atoms with Crippen LogP contribution in [0.3, 0.4) is 0 Å². The Morgan fingerprint density at radius 2 is 1.60 bits per heavy atom. The number of hydrogen-bond donors (Lipinski definition) is 1. The third-order valence-electron chi connectivity index (χ3n) is 5.99. The molecule has 1 aliphatic rings. The molecule has 30 heavy (non-hydrogen) atoms. The number of primary amides is 1. The quantitative estimate of drug-likeness (QED) is 0.711. The second-order valence-electron chi connectivity index (χ2n) is 7.89. The Bertz CT molecular complexity index is 1030. The summed E-state index contributed by atoms with van der Waals surface area (Å²) in [6.45, 7) is 0.993. The lowest BCUT2D eigenvalue weighted by Gasteiger charge is -2.39. The number of pyridine rings is 1. The molecule has 1 aliphatic heterocycles. The van der Waals surface area contributed by atoms with Gasteiger partial charge in [0.25, 0.3) is 5.91 Å². The van der Waals surface area contributed by atoms with Gasteiger partial charge in [-0.15, -0.1) is 0 Å². The number of benzene rings is 2.